The lowest BCUT2D eigenvalue weighted by molar-refractivity contribution is 0.568. The van der Waals surface area contributed by atoms with Crippen molar-refractivity contribution in [2.75, 3.05) is 6.54 Å². The molecule has 1 heterocycles. The molecule has 0 N–H and O–H groups in total. The van der Waals surface area contributed by atoms with Crippen LogP contribution in [0.25, 0.3) is 21.7 Å². The summed E-state index contributed by atoms with van der Waals surface area (Å²) in [6.07, 6.45) is 2.50. The fraction of sp³-hybridized carbons (Fsp3) is 0.273. The molecule has 0 aliphatic heterocycles. The largest absolute Gasteiger partial charge is 0.245 e. The van der Waals surface area contributed by atoms with Crippen molar-refractivity contribution >= 4 is 0 Å². The monoisotopic (exact) mass is 228 g/mol. The first kappa shape index (κ1) is 11.2. The fourth-order valence-electron chi connectivity index (χ4n) is 1.59. The topological polar surface area (TPSA) is 79.5 Å². The Balaban J connectivity index is 2.09. The first-order chi connectivity index (χ1) is 8.42. The maximum atomic E-state index is 8.18. The second kappa shape index (κ2) is 5.67. The van der Waals surface area contributed by atoms with Gasteiger partial charge in [-0.25, -0.2) is 4.68 Å². The third kappa shape index (κ3) is 2.83. The second-order valence-electron chi connectivity index (χ2n) is 3.52. The van der Waals surface area contributed by atoms with Gasteiger partial charge in [0.1, 0.15) is 0 Å². The van der Waals surface area contributed by atoms with Crippen LogP contribution in [-0.4, -0.2) is 21.5 Å². The Morgan fingerprint density at radius 2 is 2.12 bits per heavy atom. The van der Waals surface area contributed by atoms with Gasteiger partial charge in [0.05, 0.1) is 11.9 Å². The van der Waals surface area contributed by atoms with Crippen molar-refractivity contribution in [3.63, 3.8) is 0 Å². The first-order valence-electron chi connectivity index (χ1n) is 5.36. The molecule has 1 aromatic heterocycles. The molecule has 0 aliphatic carbocycles. The first-order valence-corrected chi connectivity index (χ1v) is 5.36. The standard InChI is InChI=1S/C11H12N6/c12-15-13-7-4-8-17-11(9-14-16-17)10-5-2-1-3-6-10/h1-3,5-6,9H,4,7-8H2. The number of hydrogen-bond donors (Lipinski definition) is 0. The minimum Gasteiger partial charge on any atom is -0.245 e. The molecular weight excluding hydrogens is 216 g/mol. The molecule has 0 atom stereocenters. The highest BCUT2D eigenvalue weighted by atomic mass is 15.4. The summed E-state index contributed by atoms with van der Waals surface area (Å²) in [5.41, 5.74) is 10.2. The lowest BCUT2D eigenvalue weighted by atomic mass is 10.2. The summed E-state index contributed by atoms with van der Waals surface area (Å²) in [7, 11) is 0. The van der Waals surface area contributed by atoms with Crippen molar-refractivity contribution in [2.24, 2.45) is 5.11 Å². The summed E-state index contributed by atoms with van der Waals surface area (Å²) in [5.74, 6) is 0. The van der Waals surface area contributed by atoms with Gasteiger partial charge in [-0.3, -0.25) is 0 Å². The van der Waals surface area contributed by atoms with Crippen LogP contribution in [0.3, 0.4) is 0 Å². The summed E-state index contributed by atoms with van der Waals surface area (Å²) in [6, 6.07) is 9.96. The normalized spacial score (nSPS) is 9.88. The van der Waals surface area contributed by atoms with Gasteiger partial charge in [0.2, 0.25) is 0 Å². The highest BCUT2D eigenvalue weighted by Gasteiger charge is 2.04. The van der Waals surface area contributed by atoms with Crippen LogP contribution in [0, 0.1) is 0 Å². The molecule has 0 bridgehead atoms. The molecule has 0 radical (unpaired) electrons. The fourth-order valence-corrected chi connectivity index (χ4v) is 1.59. The van der Waals surface area contributed by atoms with Gasteiger partial charge in [-0.05, 0) is 12.0 Å². The predicted molar refractivity (Wildman–Crippen MR) is 64.1 cm³/mol. The summed E-state index contributed by atoms with van der Waals surface area (Å²) in [5, 5.41) is 11.4. The zero-order chi connectivity index (χ0) is 11.9. The van der Waals surface area contributed by atoms with E-state index in [0.29, 0.717) is 13.1 Å². The number of benzene rings is 1. The Labute approximate surface area is 98.5 Å². The lowest BCUT2D eigenvalue weighted by Crippen LogP contribution is -2.03. The molecule has 2 aromatic rings. The van der Waals surface area contributed by atoms with Crippen LogP contribution in [0.1, 0.15) is 6.42 Å². The quantitative estimate of drug-likeness (QED) is 0.341. The van der Waals surface area contributed by atoms with Gasteiger partial charge in [0.15, 0.2) is 0 Å². The van der Waals surface area contributed by atoms with E-state index >= 15 is 0 Å². The van der Waals surface area contributed by atoms with Crippen molar-refractivity contribution in [3.8, 4) is 11.3 Å². The molecule has 0 aliphatic rings. The van der Waals surface area contributed by atoms with Crippen molar-refractivity contribution in [1.82, 2.24) is 15.0 Å². The van der Waals surface area contributed by atoms with E-state index in [1.807, 2.05) is 35.0 Å². The molecule has 17 heavy (non-hydrogen) atoms. The van der Waals surface area contributed by atoms with Crippen LogP contribution in [0.4, 0.5) is 0 Å². The molecule has 2 rings (SSSR count). The molecule has 6 heteroatoms. The minimum atomic E-state index is 0.477. The van der Waals surface area contributed by atoms with Crippen LogP contribution in [-0.2, 0) is 6.54 Å². The predicted octanol–water partition coefficient (Wildman–Crippen LogP) is 2.65. The third-order valence-corrected chi connectivity index (χ3v) is 2.38. The number of hydrogen-bond acceptors (Lipinski definition) is 3. The van der Waals surface area contributed by atoms with Crippen LogP contribution in [0.5, 0.6) is 0 Å². The van der Waals surface area contributed by atoms with Crippen LogP contribution in [0.15, 0.2) is 41.6 Å². The van der Waals surface area contributed by atoms with Crippen molar-refractivity contribution in [2.45, 2.75) is 13.0 Å². The van der Waals surface area contributed by atoms with E-state index < -0.39 is 0 Å². The molecule has 0 spiro atoms. The van der Waals surface area contributed by atoms with Gasteiger partial charge in [-0.1, -0.05) is 40.7 Å². The molecule has 0 unspecified atom stereocenters. The van der Waals surface area contributed by atoms with E-state index in [4.69, 9.17) is 5.53 Å². The molecular formula is C11H12N6. The van der Waals surface area contributed by atoms with E-state index in [0.717, 1.165) is 17.7 Å². The van der Waals surface area contributed by atoms with Crippen molar-refractivity contribution < 1.29 is 0 Å². The number of rotatable bonds is 5. The molecule has 0 saturated carbocycles. The molecule has 0 amide bonds. The van der Waals surface area contributed by atoms with Gasteiger partial charge in [-0.15, -0.1) is 5.10 Å². The highest BCUT2D eigenvalue weighted by Crippen LogP contribution is 2.17. The lowest BCUT2D eigenvalue weighted by Gasteiger charge is -2.04. The van der Waals surface area contributed by atoms with Gasteiger partial charge in [-0.2, -0.15) is 0 Å². The Kier molecular flexibility index (Phi) is 3.72. The average molecular weight is 228 g/mol. The van der Waals surface area contributed by atoms with Crippen LogP contribution >= 0.6 is 0 Å². The van der Waals surface area contributed by atoms with Crippen molar-refractivity contribution in [3.05, 3.63) is 47.0 Å². The van der Waals surface area contributed by atoms with Crippen molar-refractivity contribution in [1.29, 1.82) is 0 Å². The van der Waals surface area contributed by atoms with Gasteiger partial charge >= 0.3 is 0 Å². The Morgan fingerprint density at radius 1 is 1.29 bits per heavy atom. The molecule has 6 nitrogen and oxygen atoms in total. The van der Waals surface area contributed by atoms with Gasteiger partial charge < -0.3 is 0 Å². The van der Waals surface area contributed by atoms with Gasteiger partial charge in [0.25, 0.3) is 0 Å². The zero-order valence-corrected chi connectivity index (χ0v) is 9.27. The highest BCUT2D eigenvalue weighted by molar-refractivity contribution is 5.57. The smallest absolute Gasteiger partial charge is 0.0885 e. The van der Waals surface area contributed by atoms with Crippen LogP contribution < -0.4 is 0 Å². The Hall–Kier alpha value is -2.33. The number of azide groups is 1. The minimum absolute atomic E-state index is 0.477. The SMILES string of the molecule is [N-]=[N+]=NCCCn1nncc1-c1ccccc1. The second-order valence-corrected chi connectivity index (χ2v) is 3.52. The Bertz CT molecular complexity index is 512. The van der Waals surface area contributed by atoms with E-state index in [-0.39, 0.29) is 0 Å². The van der Waals surface area contributed by atoms with E-state index in [9.17, 15) is 0 Å². The van der Waals surface area contributed by atoms with E-state index in [1.165, 1.54) is 0 Å². The number of nitrogens with zero attached hydrogens (tertiary/aromatic N) is 6. The maximum absolute atomic E-state index is 8.18. The summed E-state index contributed by atoms with van der Waals surface area (Å²) >= 11 is 0. The molecule has 0 fully saturated rings. The van der Waals surface area contributed by atoms with E-state index in [1.54, 1.807) is 6.20 Å². The van der Waals surface area contributed by atoms with E-state index in [2.05, 4.69) is 20.3 Å². The number of aromatic nitrogens is 3. The number of aryl methyl sites for hydroxylation is 1. The average Bonchev–Trinajstić information content (AvgIpc) is 2.84. The maximum Gasteiger partial charge on any atom is 0.0885 e. The summed E-state index contributed by atoms with van der Waals surface area (Å²) in [6.45, 7) is 1.17. The molecule has 0 saturated heterocycles. The molecule has 86 valence electrons. The third-order valence-electron chi connectivity index (χ3n) is 2.38. The zero-order valence-electron chi connectivity index (χ0n) is 9.27. The Morgan fingerprint density at radius 3 is 2.88 bits per heavy atom. The summed E-state index contributed by atoms with van der Waals surface area (Å²) < 4.78 is 1.82. The summed E-state index contributed by atoms with van der Waals surface area (Å²) in [4.78, 5) is 2.71. The van der Waals surface area contributed by atoms with Gasteiger partial charge in [0, 0.05) is 23.6 Å². The molecule has 1 aromatic carbocycles. The van der Waals surface area contributed by atoms with Crippen LogP contribution in [0.2, 0.25) is 0 Å².